The van der Waals surface area contributed by atoms with Crippen LogP contribution in [-0.2, 0) is 0 Å². The van der Waals surface area contributed by atoms with Crippen LogP contribution in [0.3, 0.4) is 0 Å². The number of likely N-dealkylation sites (tertiary alicyclic amines) is 2. The molecule has 2 heterocycles. The predicted octanol–water partition coefficient (Wildman–Crippen LogP) is 3.41. The van der Waals surface area contributed by atoms with E-state index in [1.165, 1.54) is 121 Å². The first-order chi connectivity index (χ1) is 16.9. The molecule has 3 nitrogen and oxygen atoms in total. The van der Waals surface area contributed by atoms with E-state index in [9.17, 15) is 5.11 Å². The topological polar surface area (TPSA) is 23.5 Å². The number of nitrogens with zero attached hydrogens (tertiary/aromatic N) is 2. The van der Waals surface area contributed by atoms with Gasteiger partial charge in [0.15, 0.2) is 0 Å². The largest absolute Gasteiger partial charge is 1.00 e. The van der Waals surface area contributed by atoms with Gasteiger partial charge in [-0.25, -0.2) is 0 Å². The Morgan fingerprint density at radius 2 is 1.64 bits per heavy atom. The average molecular weight is 564 g/mol. The molecule has 0 aromatic rings. The Balaban J connectivity index is 0.00000267. The van der Waals surface area contributed by atoms with E-state index in [2.05, 4.69) is 31.4 Å². The van der Waals surface area contributed by atoms with Crippen molar-refractivity contribution in [1.82, 2.24) is 4.90 Å². The monoisotopic (exact) mass is 562 g/mol. The van der Waals surface area contributed by atoms with Crippen molar-refractivity contribution in [3.05, 3.63) is 12.7 Å². The minimum absolute atomic E-state index is 0. The quantitative estimate of drug-likeness (QED) is 0.419. The number of piperidine rings is 2. The molecule has 1 N–H and O–H groups in total. The Bertz CT molecular complexity index is 776. The molecule has 36 heavy (non-hydrogen) atoms. The highest BCUT2D eigenvalue weighted by Gasteiger charge is 2.62. The lowest BCUT2D eigenvalue weighted by molar-refractivity contribution is -0.950. The normalized spacial score (nSPS) is 48.7. The summed E-state index contributed by atoms with van der Waals surface area (Å²) >= 11 is 0. The van der Waals surface area contributed by atoms with Crippen molar-refractivity contribution in [1.29, 1.82) is 0 Å². The van der Waals surface area contributed by atoms with Crippen LogP contribution in [-0.4, -0.2) is 65.4 Å². The molecular weight excluding hydrogens is 508 g/mol. The van der Waals surface area contributed by atoms with Crippen LogP contribution in [0.4, 0.5) is 0 Å². The van der Waals surface area contributed by atoms with Crippen LogP contribution in [0.15, 0.2) is 12.7 Å². The van der Waals surface area contributed by atoms with Crippen molar-refractivity contribution in [3.8, 4) is 0 Å². The molecule has 6 aliphatic rings. The van der Waals surface area contributed by atoms with Crippen LogP contribution < -0.4 is 17.0 Å². The number of halogens is 1. The van der Waals surface area contributed by atoms with Gasteiger partial charge >= 0.3 is 0 Å². The van der Waals surface area contributed by atoms with E-state index in [0.29, 0.717) is 16.9 Å². The summed E-state index contributed by atoms with van der Waals surface area (Å²) in [6, 6.07) is 1.30. The molecule has 6 rings (SSSR count). The number of aliphatic hydroxyl groups excluding tert-OH is 1. The van der Waals surface area contributed by atoms with Gasteiger partial charge in [-0.2, -0.15) is 0 Å². The predicted molar refractivity (Wildman–Crippen MR) is 145 cm³/mol. The van der Waals surface area contributed by atoms with Crippen LogP contribution in [0.25, 0.3) is 0 Å². The van der Waals surface area contributed by atoms with Crippen molar-refractivity contribution in [2.24, 2.45) is 34.5 Å². The Kier molecular flexibility index (Phi) is 8.13. The summed E-state index contributed by atoms with van der Waals surface area (Å²) in [5.41, 5.74) is 1.02. The zero-order chi connectivity index (χ0) is 24.3. The molecule has 0 bridgehead atoms. The molecule has 4 heteroatoms. The molecular formula is C32H55BrN2O. The van der Waals surface area contributed by atoms with Crippen molar-refractivity contribution < 1.29 is 26.6 Å². The van der Waals surface area contributed by atoms with E-state index >= 15 is 0 Å². The fraction of sp³-hybridized carbons (Fsp3) is 0.938. The number of quaternary nitrogens is 1. The van der Waals surface area contributed by atoms with Crippen molar-refractivity contribution >= 4 is 0 Å². The number of hydrogen-bond donors (Lipinski definition) is 1. The van der Waals surface area contributed by atoms with Crippen LogP contribution in [0.5, 0.6) is 0 Å². The lowest BCUT2D eigenvalue weighted by Crippen LogP contribution is -3.00. The van der Waals surface area contributed by atoms with Crippen molar-refractivity contribution in [3.63, 3.8) is 0 Å². The van der Waals surface area contributed by atoms with E-state index in [-0.39, 0.29) is 23.1 Å². The van der Waals surface area contributed by atoms with Crippen LogP contribution in [0.2, 0.25) is 0 Å². The Labute approximate surface area is 232 Å². The summed E-state index contributed by atoms with van der Waals surface area (Å²) in [4.78, 5) is 2.71. The highest BCUT2D eigenvalue weighted by atomic mass is 79.9. The molecule has 0 aromatic heterocycles. The number of hydrogen-bond acceptors (Lipinski definition) is 2. The minimum atomic E-state index is -0.0881. The lowest BCUT2D eigenvalue weighted by atomic mass is 9.44. The first-order valence-corrected chi connectivity index (χ1v) is 15.8. The third-order valence-electron chi connectivity index (χ3n) is 13.3. The summed E-state index contributed by atoms with van der Waals surface area (Å²) < 4.78 is 1.37. The highest BCUT2D eigenvalue weighted by Crippen LogP contribution is 2.67. The van der Waals surface area contributed by atoms with Gasteiger partial charge in [0.2, 0.25) is 0 Å². The fourth-order valence-electron chi connectivity index (χ4n) is 11.4. The van der Waals surface area contributed by atoms with Crippen LogP contribution in [0.1, 0.15) is 104 Å². The van der Waals surface area contributed by atoms with Crippen LogP contribution in [0, 0.1) is 34.5 Å². The van der Waals surface area contributed by atoms with Crippen molar-refractivity contribution in [2.75, 3.05) is 32.7 Å². The van der Waals surface area contributed by atoms with Gasteiger partial charge in [0.25, 0.3) is 0 Å². The number of aliphatic hydroxyl groups is 1. The maximum Gasteiger partial charge on any atom is 0.0973 e. The minimum Gasteiger partial charge on any atom is -1.00 e. The van der Waals surface area contributed by atoms with Gasteiger partial charge in [-0.05, 0) is 124 Å². The van der Waals surface area contributed by atoms with Crippen molar-refractivity contribution in [2.45, 2.75) is 122 Å². The summed E-state index contributed by atoms with van der Waals surface area (Å²) in [6.07, 6.45) is 21.6. The van der Waals surface area contributed by atoms with E-state index in [1.807, 2.05) is 0 Å². The SMILES string of the molecule is C=CC[N+]1([C@H]2C[C@H]3[C@@H]4CC[C@H]5C[C@H](O)[C@@H](N6CCCCC6)C[C@]5(C)[C@H]4CC[C@]3(C)C2)CCCCC1.[Br-]. The first-order valence-electron chi connectivity index (χ1n) is 15.8. The second-order valence-electron chi connectivity index (χ2n) is 14.8. The average Bonchev–Trinajstić information content (AvgIpc) is 3.24. The maximum absolute atomic E-state index is 11.3. The van der Waals surface area contributed by atoms with E-state index < -0.39 is 0 Å². The fourth-order valence-corrected chi connectivity index (χ4v) is 11.4. The summed E-state index contributed by atoms with van der Waals surface area (Å²) in [5, 5.41) is 11.3. The molecule has 2 aliphatic heterocycles. The Morgan fingerprint density at radius 3 is 2.36 bits per heavy atom. The zero-order valence-electron chi connectivity index (χ0n) is 23.5. The van der Waals surface area contributed by atoms with Crippen LogP contribution >= 0.6 is 0 Å². The highest BCUT2D eigenvalue weighted by molar-refractivity contribution is 5.11. The Morgan fingerprint density at radius 1 is 0.917 bits per heavy atom. The summed E-state index contributed by atoms with van der Waals surface area (Å²) in [7, 11) is 0. The van der Waals surface area contributed by atoms with Gasteiger partial charge in [0.1, 0.15) is 0 Å². The third kappa shape index (κ3) is 4.50. The second kappa shape index (κ2) is 10.6. The van der Waals surface area contributed by atoms with Gasteiger partial charge in [-0.3, -0.25) is 4.90 Å². The first kappa shape index (κ1) is 27.7. The second-order valence-corrected chi connectivity index (χ2v) is 14.8. The molecule has 0 unspecified atom stereocenters. The van der Waals surface area contributed by atoms with Gasteiger partial charge in [0.05, 0.1) is 31.8 Å². The summed E-state index contributed by atoms with van der Waals surface area (Å²) in [5.74, 6) is 3.52. The maximum atomic E-state index is 11.3. The van der Waals surface area contributed by atoms with Gasteiger partial charge in [-0.1, -0.05) is 26.8 Å². The summed E-state index contributed by atoms with van der Waals surface area (Å²) in [6.45, 7) is 16.1. The zero-order valence-corrected chi connectivity index (χ0v) is 25.1. The van der Waals surface area contributed by atoms with E-state index in [4.69, 9.17) is 0 Å². The standard InChI is InChI=1S/C32H55N2O.BrH/c1-4-17-34(18-9-6-10-19-34)25-21-28-26-12-11-24-20-30(35)29(33-15-7-5-8-16-33)23-32(24,3)27(26)13-14-31(28,2)22-25;/h4,24-30,35H,1,5-23H2,2-3H3;1H/q+1;/p-1/t24-,25-,26+,27-,28-,29-,30-,31+,32-;/m0./s1. The van der Waals surface area contributed by atoms with E-state index in [1.54, 1.807) is 0 Å². The molecule has 0 radical (unpaired) electrons. The van der Waals surface area contributed by atoms with Gasteiger partial charge < -0.3 is 26.6 Å². The molecule has 4 saturated carbocycles. The molecule has 2 saturated heterocycles. The molecule has 0 amide bonds. The lowest BCUT2D eigenvalue weighted by Gasteiger charge is -2.62. The molecule has 206 valence electrons. The molecule has 6 fully saturated rings. The van der Waals surface area contributed by atoms with E-state index in [0.717, 1.165) is 36.1 Å². The molecule has 0 aromatic carbocycles. The number of fused-ring (bicyclic) bond motifs is 5. The molecule has 9 atom stereocenters. The molecule has 0 spiro atoms. The Hall–Kier alpha value is 0.100. The third-order valence-corrected chi connectivity index (χ3v) is 13.3. The molecule has 4 aliphatic carbocycles. The van der Waals surface area contributed by atoms with Gasteiger partial charge in [0, 0.05) is 18.9 Å². The smallest absolute Gasteiger partial charge is 0.0973 e. The van der Waals surface area contributed by atoms with Gasteiger partial charge in [-0.15, -0.1) is 0 Å². The number of rotatable bonds is 4.